The van der Waals surface area contributed by atoms with Crippen molar-refractivity contribution in [3.63, 3.8) is 0 Å². The van der Waals surface area contributed by atoms with Crippen LogP contribution in [0.5, 0.6) is 5.75 Å². The fourth-order valence-electron chi connectivity index (χ4n) is 6.25. The third kappa shape index (κ3) is 4.63. The van der Waals surface area contributed by atoms with Crippen molar-refractivity contribution in [1.29, 1.82) is 0 Å². The quantitative estimate of drug-likeness (QED) is 0.468. The third-order valence-electron chi connectivity index (χ3n) is 7.92. The summed E-state index contributed by atoms with van der Waals surface area (Å²) in [5, 5.41) is 0. The van der Waals surface area contributed by atoms with Gasteiger partial charge in [-0.1, -0.05) is 25.5 Å². The van der Waals surface area contributed by atoms with E-state index in [1.54, 1.807) is 11.6 Å². The van der Waals surface area contributed by atoms with Gasteiger partial charge in [-0.15, -0.1) is 0 Å². The van der Waals surface area contributed by atoms with Crippen LogP contribution in [0.1, 0.15) is 75.8 Å². The molecule has 0 spiro atoms. The highest BCUT2D eigenvalue weighted by Gasteiger charge is 2.38. The van der Waals surface area contributed by atoms with E-state index in [2.05, 4.69) is 25.1 Å². The Morgan fingerprint density at radius 3 is 2.57 bits per heavy atom. The molecule has 0 bridgehead atoms. The van der Waals surface area contributed by atoms with Gasteiger partial charge in [-0.05, 0) is 117 Å². The fourth-order valence-corrected chi connectivity index (χ4v) is 6.25. The molecule has 1 aromatic carbocycles. The van der Waals surface area contributed by atoms with Gasteiger partial charge in [-0.2, -0.15) is 0 Å². The average molecular weight is 385 g/mol. The normalized spacial score (nSPS) is 32.7. The average Bonchev–Trinajstić information content (AvgIpc) is 2.73. The summed E-state index contributed by atoms with van der Waals surface area (Å²) in [6, 6.07) is 6.83. The number of ether oxygens (including phenoxy) is 1. The summed E-state index contributed by atoms with van der Waals surface area (Å²) in [7, 11) is 0. The van der Waals surface area contributed by atoms with Crippen LogP contribution in [0.4, 0.5) is 4.39 Å². The summed E-state index contributed by atoms with van der Waals surface area (Å²) < 4.78 is 18.5. The van der Waals surface area contributed by atoms with E-state index in [0.717, 1.165) is 48.8 Å². The SMILES string of the molecule is CCCCOc1ccc2c(c1)CCC(C1CCC3C[C@H](C=CF)CC[C@@H]3C1)C2. The molecular weight excluding hydrogens is 347 g/mol. The molecule has 154 valence electrons. The molecule has 2 saturated carbocycles. The van der Waals surface area contributed by atoms with Crippen LogP contribution in [0.15, 0.2) is 30.6 Å². The van der Waals surface area contributed by atoms with Crippen molar-refractivity contribution in [2.24, 2.45) is 29.6 Å². The Morgan fingerprint density at radius 2 is 1.75 bits per heavy atom. The number of hydrogen-bond donors (Lipinski definition) is 0. The number of unbranched alkanes of at least 4 members (excludes halogenated alkanes) is 1. The summed E-state index contributed by atoms with van der Waals surface area (Å²) in [5.74, 6) is 5.08. The van der Waals surface area contributed by atoms with E-state index in [1.165, 1.54) is 69.8 Å². The molecule has 0 saturated heterocycles. The van der Waals surface area contributed by atoms with Gasteiger partial charge in [0.15, 0.2) is 0 Å². The number of halogens is 1. The predicted molar refractivity (Wildman–Crippen MR) is 114 cm³/mol. The Kier molecular flexibility index (Phi) is 6.75. The lowest BCUT2D eigenvalue weighted by molar-refractivity contribution is 0.0809. The van der Waals surface area contributed by atoms with Gasteiger partial charge < -0.3 is 4.74 Å². The first-order valence-electron chi connectivity index (χ1n) is 11.8. The second-order valence-corrected chi connectivity index (χ2v) is 9.62. The molecule has 1 nitrogen and oxygen atoms in total. The molecule has 2 fully saturated rings. The highest BCUT2D eigenvalue weighted by Crippen LogP contribution is 2.48. The lowest BCUT2D eigenvalue weighted by Gasteiger charge is -2.44. The maximum atomic E-state index is 12.5. The van der Waals surface area contributed by atoms with Crippen LogP contribution in [-0.2, 0) is 12.8 Å². The van der Waals surface area contributed by atoms with E-state index in [-0.39, 0.29) is 0 Å². The molecule has 0 aliphatic heterocycles. The largest absolute Gasteiger partial charge is 0.494 e. The van der Waals surface area contributed by atoms with Crippen molar-refractivity contribution >= 4 is 0 Å². The Labute approximate surface area is 170 Å². The highest BCUT2D eigenvalue weighted by molar-refractivity contribution is 5.37. The molecule has 2 heteroatoms. The number of hydrogen-bond acceptors (Lipinski definition) is 1. The zero-order valence-electron chi connectivity index (χ0n) is 17.5. The highest BCUT2D eigenvalue weighted by atomic mass is 19.1. The van der Waals surface area contributed by atoms with Gasteiger partial charge >= 0.3 is 0 Å². The van der Waals surface area contributed by atoms with E-state index in [1.807, 2.05) is 0 Å². The van der Waals surface area contributed by atoms with Gasteiger partial charge in [0.2, 0.25) is 0 Å². The van der Waals surface area contributed by atoms with Gasteiger partial charge in [-0.25, -0.2) is 4.39 Å². The molecule has 3 aliphatic carbocycles. The molecule has 5 atom stereocenters. The maximum absolute atomic E-state index is 12.5. The van der Waals surface area contributed by atoms with Crippen LogP contribution < -0.4 is 4.74 Å². The molecular formula is C26H37FO. The molecule has 0 amide bonds. The zero-order chi connectivity index (χ0) is 19.3. The van der Waals surface area contributed by atoms with Gasteiger partial charge in [-0.3, -0.25) is 0 Å². The van der Waals surface area contributed by atoms with E-state index in [9.17, 15) is 4.39 Å². The van der Waals surface area contributed by atoms with Crippen LogP contribution in [0.2, 0.25) is 0 Å². The monoisotopic (exact) mass is 384 g/mol. The Balaban J connectivity index is 1.32. The first-order valence-corrected chi connectivity index (χ1v) is 11.8. The fraction of sp³-hybridized carbons (Fsp3) is 0.692. The van der Waals surface area contributed by atoms with Gasteiger partial charge in [0, 0.05) is 0 Å². The van der Waals surface area contributed by atoms with Crippen molar-refractivity contribution in [3.05, 3.63) is 41.7 Å². The predicted octanol–water partition coefficient (Wildman–Crippen LogP) is 7.29. The summed E-state index contributed by atoms with van der Waals surface area (Å²) in [5.41, 5.74) is 3.09. The van der Waals surface area contributed by atoms with E-state index in [4.69, 9.17) is 4.74 Å². The number of benzene rings is 1. The Morgan fingerprint density at radius 1 is 0.964 bits per heavy atom. The molecule has 4 rings (SSSR count). The molecule has 0 radical (unpaired) electrons. The minimum absolute atomic E-state index is 0.498. The Hall–Kier alpha value is -1.31. The molecule has 3 aliphatic rings. The van der Waals surface area contributed by atoms with Crippen molar-refractivity contribution < 1.29 is 9.13 Å². The summed E-state index contributed by atoms with van der Waals surface area (Å²) in [6.07, 6.45) is 16.7. The maximum Gasteiger partial charge on any atom is 0.119 e. The Bertz CT molecular complexity index is 666. The summed E-state index contributed by atoms with van der Waals surface area (Å²) >= 11 is 0. The second kappa shape index (κ2) is 9.46. The smallest absolute Gasteiger partial charge is 0.119 e. The molecule has 3 unspecified atom stereocenters. The zero-order valence-corrected chi connectivity index (χ0v) is 17.5. The number of aryl methyl sites for hydroxylation is 1. The first-order chi connectivity index (χ1) is 13.8. The van der Waals surface area contributed by atoms with Gasteiger partial charge in [0.25, 0.3) is 0 Å². The lowest BCUT2D eigenvalue weighted by atomic mass is 9.61. The van der Waals surface area contributed by atoms with Crippen molar-refractivity contribution in [2.75, 3.05) is 6.61 Å². The number of rotatable bonds is 6. The number of fused-ring (bicyclic) bond motifs is 2. The molecule has 0 N–H and O–H groups in total. The third-order valence-corrected chi connectivity index (χ3v) is 7.92. The lowest BCUT2D eigenvalue weighted by Crippen LogP contribution is -2.34. The number of allylic oxidation sites excluding steroid dienone is 1. The minimum atomic E-state index is 0.498. The van der Waals surface area contributed by atoms with Gasteiger partial charge in [0.05, 0.1) is 12.9 Å². The van der Waals surface area contributed by atoms with Crippen LogP contribution in [-0.4, -0.2) is 6.61 Å². The second-order valence-electron chi connectivity index (χ2n) is 9.62. The first kappa shape index (κ1) is 20.0. The molecule has 0 heterocycles. The van der Waals surface area contributed by atoms with E-state index in [0.29, 0.717) is 5.92 Å². The molecule has 0 aromatic heterocycles. The van der Waals surface area contributed by atoms with Crippen molar-refractivity contribution in [2.45, 2.75) is 77.6 Å². The van der Waals surface area contributed by atoms with Crippen molar-refractivity contribution in [1.82, 2.24) is 0 Å². The minimum Gasteiger partial charge on any atom is -0.494 e. The molecule has 1 aromatic rings. The van der Waals surface area contributed by atoms with E-state index >= 15 is 0 Å². The van der Waals surface area contributed by atoms with E-state index < -0.39 is 0 Å². The molecule has 28 heavy (non-hydrogen) atoms. The summed E-state index contributed by atoms with van der Waals surface area (Å²) in [6.45, 7) is 3.04. The topological polar surface area (TPSA) is 9.23 Å². The van der Waals surface area contributed by atoms with Crippen LogP contribution in [0.25, 0.3) is 0 Å². The summed E-state index contributed by atoms with van der Waals surface area (Å²) in [4.78, 5) is 0. The van der Waals surface area contributed by atoms with Crippen LogP contribution in [0, 0.1) is 29.6 Å². The van der Waals surface area contributed by atoms with Gasteiger partial charge in [0.1, 0.15) is 5.75 Å². The van der Waals surface area contributed by atoms with Crippen LogP contribution in [0.3, 0.4) is 0 Å². The standard InChI is InChI=1S/C26H37FO/c1-2-3-14-28-26-11-10-24-17-23(8-9-25(24)18-26)22-7-6-20-15-19(12-13-27)4-5-21(20)16-22/h10-13,18-23H,2-9,14-17H2,1H3/t19-,20?,21+,22?,23?/m0/s1. The van der Waals surface area contributed by atoms with Crippen molar-refractivity contribution in [3.8, 4) is 5.75 Å². The van der Waals surface area contributed by atoms with Crippen LogP contribution >= 0.6 is 0 Å².